The smallest absolute Gasteiger partial charge is 0.257 e. The van der Waals surface area contributed by atoms with Gasteiger partial charge in [0.15, 0.2) is 0 Å². The lowest BCUT2D eigenvalue weighted by Crippen LogP contribution is -2.12. The lowest BCUT2D eigenvalue weighted by molar-refractivity contribution is 0.102. The maximum Gasteiger partial charge on any atom is 0.257 e. The number of hydrogen-bond donors (Lipinski definition) is 1. The molecule has 0 unspecified atom stereocenters. The molecule has 0 spiro atoms. The van der Waals surface area contributed by atoms with E-state index in [2.05, 4.69) is 31.2 Å². The van der Waals surface area contributed by atoms with E-state index in [0.717, 1.165) is 10.3 Å². The number of amides is 1. The average molecular weight is 317 g/mol. The minimum atomic E-state index is -0.191. The van der Waals surface area contributed by atoms with Crippen LogP contribution in [0.25, 0.3) is 5.65 Å². The van der Waals surface area contributed by atoms with E-state index in [1.54, 1.807) is 30.7 Å². The predicted octanol–water partition coefficient (Wildman–Crippen LogP) is 2.74. The van der Waals surface area contributed by atoms with Crippen molar-refractivity contribution in [1.29, 1.82) is 0 Å². The van der Waals surface area contributed by atoms with Crippen LogP contribution in [0.5, 0.6) is 0 Å². The van der Waals surface area contributed by atoms with E-state index < -0.39 is 0 Å². The quantitative estimate of drug-likeness (QED) is 0.790. The monoisotopic (exact) mass is 316 g/mol. The van der Waals surface area contributed by atoms with Gasteiger partial charge in [-0.05, 0) is 40.2 Å². The summed E-state index contributed by atoms with van der Waals surface area (Å²) in [6.45, 7) is 0. The summed E-state index contributed by atoms with van der Waals surface area (Å²) in [5.41, 5.74) is 2.03. The third-order valence-corrected chi connectivity index (χ3v) is 3.23. The molecule has 3 aromatic heterocycles. The Bertz CT molecular complexity index is 739. The van der Waals surface area contributed by atoms with Gasteiger partial charge in [-0.1, -0.05) is 0 Å². The van der Waals surface area contributed by atoms with E-state index in [9.17, 15) is 4.79 Å². The molecule has 6 heteroatoms. The SMILES string of the molecule is O=C(Nc1ccc2ncc(Br)n2c1)c1cccnc1. The lowest BCUT2D eigenvalue weighted by atomic mass is 10.2. The standard InChI is InChI=1S/C13H9BrN4O/c14-11-7-16-12-4-3-10(8-18(11)12)17-13(19)9-2-1-5-15-6-9/h1-8H,(H,17,19). The topological polar surface area (TPSA) is 59.3 Å². The van der Waals surface area contributed by atoms with Crippen molar-refractivity contribution in [3.8, 4) is 0 Å². The fraction of sp³-hybridized carbons (Fsp3) is 0. The first kappa shape index (κ1) is 11.9. The van der Waals surface area contributed by atoms with E-state index in [0.29, 0.717) is 11.3 Å². The third-order valence-electron chi connectivity index (χ3n) is 2.64. The highest BCUT2D eigenvalue weighted by Gasteiger charge is 2.07. The summed E-state index contributed by atoms with van der Waals surface area (Å²) in [5.74, 6) is -0.191. The van der Waals surface area contributed by atoms with Crippen molar-refractivity contribution in [1.82, 2.24) is 14.4 Å². The highest BCUT2D eigenvalue weighted by Crippen LogP contribution is 2.17. The van der Waals surface area contributed by atoms with Gasteiger partial charge in [0.25, 0.3) is 5.91 Å². The van der Waals surface area contributed by atoms with Gasteiger partial charge in [-0.15, -0.1) is 0 Å². The molecule has 5 nitrogen and oxygen atoms in total. The second kappa shape index (κ2) is 4.81. The van der Waals surface area contributed by atoms with Crippen molar-refractivity contribution in [3.05, 3.63) is 59.2 Å². The zero-order chi connectivity index (χ0) is 13.2. The van der Waals surface area contributed by atoms with Crippen LogP contribution in [0, 0.1) is 0 Å². The molecular formula is C13H9BrN4O. The summed E-state index contributed by atoms with van der Waals surface area (Å²) < 4.78 is 2.68. The summed E-state index contributed by atoms with van der Waals surface area (Å²) in [6.07, 6.45) is 6.68. The van der Waals surface area contributed by atoms with E-state index in [4.69, 9.17) is 0 Å². The number of nitrogens with one attached hydrogen (secondary N) is 1. The van der Waals surface area contributed by atoms with Gasteiger partial charge in [0.1, 0.15) is 10.3 Å². The predicted molar refractivity (Wildman–Crippen MR) is 75.1 cm³/mol. The normalized spacial score (nSPS) is 10.6. The Morgan fingerprint density at radius 3 is 2.95 bits per heavy atom. The highest BCUT2D eigenvalue weighted by atomic mass is 79.9. The van der Waals surface area contributed by atoms with Gasteiger partial charge in [-0.3, -0.25) is 14.2 Å². The zero-order valence-electron chi connectivity index (χ0n) is 9.75. The minimum absolute atomic E-state index is 0.191. The first-order chi connectivity index (χ1) is 9.24. The molecule has 0 aliphatic rings. The summed E-state index contributed by atoms with van der Waals surface area (Å²) in [4.78, 5) is 20.1. The number of imidazole rings is 1. The van der Waals surface area contributed by atoms with E-state index >= 15 is 0 Å². The lowest BCUT2D eigenvalue weighted by Gasteiger charge is -2.05. The summed E-state index contributed by atoms with van der Waals surface area (Å²) in [5, 5.41) is 2.82. The van der Waals surface area contributed by atoms with Crippen LogP contribution in [0.3, 0.4) is 0 Å². The Morgan fingerprint density at radius 1 is 1.26 bits per heavy atom. The van der Waals surface area contributed by atoms with E-state index in [1.165, 1.54) is 6.20 Å². The molecular weight excluding hydrogens is 308 g/mol. The summed E-state index contributed by atoms with van der Waals surface area (Å²) in [6, 6.07) is 7.09. The zero-order valence-corrected chi connectivity index (χ0v) is 11.3. The molecule has 0 bridgehead atoms. The summed E-state index contributed by atoms with van der Waals surface area (Å²) in [7, 11) is 0. The van der Waals surface area contributed by atoms with E-state index in [1.807, 2.05) is 16.5 Å². The van der Waals surface area contributed by atoms with Crippen molar-refractivity contribution in [3.63, 3.8) is 0 Å². The maximum absolute atomic E-state index is 12.0. The second-order valence-corrected chi connectivity index (χ2v) is 4.74. The number of pyridine rings is 2. The number of rotatable bonds is 2. The largest absolute Gasteiger partial charge is 0.321 e. The fourth-order valence-electron chi connectivity index (χ4n) is 1.73. The first-order valence-electron chi connectivity index (χ1n) is 5.58. The van der Waals surface area contributed by atoms with Crippen molar-refractivity contribution >= 4 is 33.2 Å². The average Bonchev–Trinajstić information content (AvgIpc) is 2.81. The van der Waals surface area contributed by atoms with Gasteiger partial charge in [0.2, 0.25) is 0 Å². The molecule has 3 aromatic rings. The van der Waals surface area contributed by atoms with Crippen LogP contribution in [0.1, 0.15) is 10.4 Å². The molecule has 1 amide bonds. The molecule has 0 radical (unpaired) electrons. The number of aromatic nitrogens is 3. The number of halogens is 1. The number of fused-ring (bicyclic) bond motifs is 1. The molecule has 0 saturated heterocycles. The third kappa shape index (κ3) is 2.34. The van der Waals surface area contributed by atoms with Gasteiger partial charge in [-0.2, -0.15) is 0 Å². The number of anilines is 1. The Kier molecular flexibility index (Phi) is 3.00. The molecule has 0 fully saturated rings. The minimum Gasteiger partial charge on any atom is -0.321 e. The second-order valence-electron chi connectivity index (χ2n) is 3.92. The van der Waals surface area contributed by atoms with Gasteiger partial charge in [-0.25, -0.2) is 4.98 Å². The molecule has 1 N–H and O–H groups in total. The van der Waals surface area contributed by atoms with Crippen molar-refractivity contribution in [2.45, 2.75) is 0 Å². The van der Waals surface area contributed by atoms with Gasteiger partial charge in [0.05, 0.1) is 17.4 Å². The van der Waals surface area contributed by atoms with Crippen LogP contribution in [-0.4, -0.2) is 20.3 Å². The van der Waals surface area contributed by atoms with Crippen molar-refractivity contribution < 1.29 is 4.79 Å². The molecule has 0 saturated carbocycles. The Labute approximate surface area is 117 Å². The van der Waals surface area contributed by atoms with E-state index in [-0.39, 0.29) is 5.91 Å². The van der Waals surface area contributed by atoms with Crippen LogP contribution in [0.2, 0.25) is 0 Å². The number of hydrogen-bond acceptors (Lipinski definition) is 3. The van der Waals surface area contributed by atoms with Crippen LogP contribution in [-0.2, 0) is 0 Å². The highest BCUT2D eigenvalue weighted by molar-refractivity contribution is 9.10. The molecule has 3 rings (SSSR count). The van der Waals surface area contributed by atoms with Crippen molar-refractivity contribution in [2.24, 2.45) is 0 Å². The molecule has 3 heterocycles. The molecule has 0 atom stereocenters. The van der Waals surface area contributed by atoms with Crippen molar-refractivity contribution in [2.75, 3.05) is 5.32 Å². The number of carbonyl (C=O) groups is 1. The molecule has 0 aliphatic heterocycles. The Morgan fingerprint density at radius 2 is 2.16 bits per heavy atom. The van der Waals surface area contributed by atoms with Crippen LogP contribution in [0.15, 0.2) is 53.7 Å². The van der Waals surface area contributed by atoms with Gasteiger partial charge >= 0.3 is 0 Å². The van der Waals surface area contributed by atoms with Gasteiger partial charge in [0, 0.05) is 18.6 Å². The van der Waals surface area contributed by atoms with Crippen LogP contribution in [0.4, 0.5) is 5.69 Å². The molecule has 0 aliphatic carbocycles. The maximum atomic E-state index is 12.0. The van der Waals surface area contributed by atoms with Crippen LogP contribution < -0.4 is 5.32 Å². The Hall–Kier alpha value is -2.21. The number of carbonyl (C=O) groups excluding carboxylic acids is 1. The molecule has 19 heavy (non-hydrogen) atoms. The first-order valence-corrected chi connectivity index (χ1v) is 6.37. The number of nitrogens with zero attached hydrogens (tertiary/aromatic N) is 3. The molecule has 94 valence electrons. The van der Waals surface area contributed by atoms with Crippen LogP contribution >= 0.6 is 15.9 Å². The summed E-state index contributed by atoms with van der Waals surface area (Å²) >= 11 is 3.39. The molecule has 0 aromatic carbocycles. The fourth-order valence-corrected chi connectivity index (χ4v) is 2.11. The Balaban J connectivity index is 1.89. The van der Waals surface area contributed by atoms with Gasteiger partial charge < -0.3 is 5.32 Å².